The predicted molar refractivity (Wildman–Crippen MR) is 180 cm³/mol. The number of phenols is 3. The number of amides is 3. The fourth-order valence-electron chi connectivity index (χ4n) is 8.46. The van der Waals surface area contributed by atoms with Crippen LogP contribution in [0.15, 0.2) is 48.5 Å². The van der Waals surface area contributed by atoms with Gasteiger partial charge in [0.1, 0.15) is 22.8 Å². The van der Waals surface area contributed by atoms with E-state index in [0.29, 0.717) is 30.8 Å². The number of rotatable bonds is 0. The summed E-state index contributed by atoms with van der Waals surface area (Å²) in [6.45, 7) is 0. The molecule has 244 valence electrons. The van der Waals surface area contributed by atoms with Crippen LogP contribution in [0.5, 0.6) is 17.2 Å². The van der Waals surface area contributed by atoms with Crippen LogP contribution in [-0.4, -0.2) is 38.8 Å². The van der Waals surface area contributed by atoms with Gasteiger partial charge in [0.05, 0.1) is 21.1 Å². The number of carbonyl (C=O) groups excluding carboxylic acids is 4. The Morgan fingerprint density at radius 2 is 1.11 bits per heavy atom. The third-order valence-electron chi connectivity index (χ3n) is 10.7. The number of hydrogen-bond acceptors (Lipinski definition) is 7. The average molecular weight is 750 g/mol. The van der Waals surface area contributed by atoms with Crippen LogP contribution in [0.25, 0.3) is 0 Å². The van der Waals surface area contributed by atoms with Crippen molar-refractivity contribution in [1.82, 2.24) is 16.0 Å². The van der Waals surface area contributed by atoms with Crippen molar-refractivity contribution in [2.45, 2.75) is 87.2 Å². The zero-order valence-corrected chi connectivity index (χ0v) is 27.9. The third kappa shape index (κ3) is 5.32. The van der Waals surface area contributed by atoms with E-state index in [0.717, 1.165) is 59.6 Å². The molecule has 3 spiro atoms. The highest BCUT2D eigenvalue weighted by Gasteiger charge is 2.51. The van der Waals surface area contributed by atoms with Crippen molar-refractivity contribution in [3.63, 3.8) is 0 Å². The van der Waals surface area contributed by atoms with Gasteiger partial charge >= 0.3 is 0 Å². The lowest BCUT2D eigenvalue weighted by Gasteiger charge is -2.24. The molecular weight excluding hydrogens is 713 g/mol. The van der Waals surface area contributed by atoms with Crippen molar-refractivity contribution in [3.8, 4) is 17.2 Å². The molecule has 3 aliphatic heterocycles. The number of aryl methyl sites for hydroxylation is 2. The Balaban J connectivity index is 0.000000112. The minimum Gasteiger partial charge on any atom is -0.508 e. The number of ketones is 1. The highest BCUT2D eigenvalue weighted by Crippen LogP contribution is 2.47. The topological polar surface area (TPSA) is 165 Å². The molecule has 3 aromatic carbocycles. The van der Waals surface area contributed by atoms with Crippen LogP contribution in [-0.2, 0) is 55.1 Å². The van der Waals surface area contributed by atoms with Crippen molar-refractivity contribution in [3.05, 3.63) is 85.5 Å². The molecular formula is C36H36IN3O7. The lowest BCUT2D eigenvalue weighted by Crippen LogP contribution is -2.41. The second-order valence-electron chi connectivity index (χ2n) is 13.4. The van der Waals surface area contributed by atoms with E-state index in [9.17, 15) is 34.5 Å². The maximum Gasteiger partial charge on any atom is 0.228 e. The van der Waals surface area contributed by atoms with Gasteiger partial charge in [-0.2, -0.15) is 0 Å². The number of Topliss-reactive ketones (excluding diaryl/α,β-unsaturated/α-hetero) is 1. The maximum absolute atomic E-state index is 11.9. The first kappa shape index (κ1) is 31.5. The van der Waals surface area contributed by atoms with E-state index in [-0.39, 0.29) is 46.8 Å². The lowest BCUT2D eigenvalue weighted by atomic mass is 9.89. The molecule has 0 bridgehead atoms. The Labute approximate surface area is 285 Å². The van der Waals surface area contributed by atoms with Gasteiger partial charge in [-0.15, -0.1) is 0 Å². The van der Waals surface area contributed by atoms with Gasteiger partial charge in [-0.1, -0.05) is 18.2 Å². The van der Waals surface area contributed by atoms with Crippen LogP contribution < -0.4 is 16.0 Å². The summed E-state index contributed by atoms with van der Waals surface area (Å²) in [4.78, 5) is 45.9. The van der Waals surface area contributed by atoms with Gasteiger partial charge in [-0.3, -0.25) is 19.2 Å². The van der Waals surface area contributed by atoms with Gasteiger partial charge in [-0.25, -0.2) is 0 Å². The second kappa shape index (κ2) is 11.5. The Morgan fingerprint density at radius 3 is 1.70 bits per heavy atom. The standard InChI is InChI=1S/C12H12INO2.C12H11NO3.C12H13NO2/c13-11-7-3-5-12(6-4-10(16)14-12)8(7)1-2-9(11)15;14-8-1-2-9-7(5-8)3-4-12(9)10(15)6-11(16)13-12;14-9-1-2-10-8(7-9)3-5-12(10)6-4-11(15)13-12/h1-2,15H,3-6H2,(H,14,16);1-2,5,14H,3-4,6H2,(H,13,16);1-2,7,14H,3-6H2,(H,13,15). The summed E-state index contributed by atoms with van der Waals surface area (Å²) in [6.07, 6.45) is 8.16. The average Bonchev–Trinajstić information content (AvgIpc) is 3.88. The zero-order valence-electron chi connectivity index (χ0n) is 25.7. The largest absolute Gasteiger partial charge is 0.508 e. The summed E-state index contributed by atoms with van der Waals surface area (Å²) in [5, 5.41) is 37.4. The van der Waals surface area contributed by atoms with E-state index >= 15 is 0 Å². The number of hydrogen-bond donors (Lipinski definition) is 6. The first-order valence-corrected chi connectivity index (χ1v) is 17.1. The molecule has 3 amide bonds. The number of benzene rings is 3. The van der Waals surface area contributed by atoms with Crippen LogP contribution in [0.4, 0.5) is 0 Å². The SMILES string of the molecule is O=C1CC(=O)C2(CCc3cc(O)ccc32)N1.O=C1CCC2(CCc3c2ccc(O)c3I)N1.O=C1CCC2(CCc3cc(O)ccc32)N1. The van der Waals surface area contributed by atoms with Crippen LogP contribution in [0.3, 0.4) is 0 Å². The van der Waals surface area contributed by atoms with E-state index in [1.807, 2.05) is 18.2 Å². The summed E-state index contributed by atoms with van der Waals surface area (Å²) in [5.74, 6) is 0.906. The monoisotopic (exact) mass is 749 g/mol. The van der Waals surface area contributed by atoms with Crippen molar-refractivity contribution >= 4 is 46.1 Å². The number of nitrogens with one attached hydrogen (secondary N) is 3. The Morgan fingerprint density at radius 1 is 0.574 bits per heavy atom. The molecule has 6 aliphatic rings. The molecule has 3 atom stereocenters. The van der Waals surface area contributed by atoms with Gasteiger partial charge in [0.25, 0.3) is 0 Å². The first-order valence-electron chi connectivity index (χ1n) is 16.1. The smallest absolute Gasteiger partial charge is 0.228 e. The summed E-state index contributed by atoms with van der Waals surface area (Å²) in [7, 11) is 0. The normalized spacial score (nSPS) is 27.5. The molecule has 3 heterocycles. The second-order valence-corrected chi connectivity index (χ2v) is 14.5. The Bertz CT molecular complexity index is 1860. The van der Waals surface area contributed by atoms with E-state index < -0.39 is 5.54 Å². The Hall–Kier alpha value is -4.13. The molecule has 0 radical (unpaired) electrons. The van der Waals surface area contributed by atoms with Gasteiger partial charge in [0, 0.05) is 12.8 Å². The minimum absolute atomic E-state index is 0.0275. The number of phenolic OH excluding ortho intramolecular Hbond substituents is 3. The number of halogens is 1. The molecule has 11 heteroatoms. The summed E-state index contributed by atoms with van der Waals surface area (Å²) in [6, 6.07) is 14.1. The van der Waals surface area contributed by atoms with Crippen LogP contribution >= 0.6 is 22.6 Å². The quantitative estimate of drug-likeness (QED) is 0.149. The van der Waals surface area contributed by atoms with E-state index in [4.69, 9.17) is 0 Å². The van der Waals surface area contributed by atoms with Crippen molar-refractivity contribution in [2.24, 2.45) is 0 Å². The third-order valence-corrected chi connectivity index (χ3v) is 12.0. The van der Waals surface area contributed by atoms with Crippen molar-refractivity contribution in [1.29, 1.82) is 0 Å². The molecule has 0 saturated carbocycles. The molecule has 3 saturated heterocycles. The van der Waals surface area contributed by atoms with Gasteiger partial charge in [-0.05, 0) is 138 Å². The van der Waals surface area contributed by atoms with Gasteiger partial charge in [0.15, 0.2) is 5.78 Å². The van der Waals surface area contributed by atoms with Crippen molar-refractivity contribution < 1.29 is 34.5 Å². The molecule has 3 unspecified atom stereocenters. The molecule has 3 aliphatic carbocycles. The van der Waals surface area contributed by atoms with E-state index in [1.165, 1.54) is 22.3 Å². The molecule has 0 aromatic heterocycles. The number of carbonyl (C=O) groups is 4. The molecule has 47 heavy (non-hydrogen) atoms. The minimum atomic E-state index is -0.805. The Kier molecular flexibility index (Phi) is 7.72. The fourth-order valence-corrected chi connectivity index (χ4v) is 9.20. The first-order chi connectivity index (χ1) is 22.4. The van der Waals surface area contributed by atoms with Gasteiger partial charge < -0.3 is 31.3 Å². The number of aromatic hydroxyl groups is 3. The zero-order chi connectivity index (χ0) is 33.1. The highest BCUT2D eigenvalue weighted by atomic mass is 127. The van der Waals surface area contributed by atoms with Crippen LogP contribution in [0, 0.1) is 3.57 Å². The maximum atomic E-state index is 11.9. The fraction of sp³-hybridized carbons (Fsp3) is 0.389. The molecule has 10 nitrogen and oxygen atoms in total. The lowest BCUT2D eigenvalue weighted by molar-refractivity contribution is -0.124. The molecule has 3 fully saturated rings. The van der Waals surface area contributed by atoms with Gasteiger partial charge in [0.2, 0.25) is 17.7 Å². The van der Waals surface area contributed by atoms with Crippen LogP contribution in [0.1, 0.15) is 84.7 Å². The summed E-state index contributed by atoms with van der Waals surface area (Å²) >= 11 is 2.18. The predicted octanol–water partition coefficient (Wildman–Crippen LogP) is 4.11. The van der Waals surface area contributed by atoms with Crippen LogP contribution in [0.2, 0.25) is 0 Å². The summed E-state index contributed by atoms with van der Waals surface area (Å²) in [5.41, 5.74) is 5.53. The molecule has 6 N–H and O–H groups in total. The molecule has 9 rings (SSSR count). The van der Waals surface area contributed by atoms with Crippen molar-refractivity contribution in [2.75, 3.05) is 0 Å². The highest BCUT2D eigenvalue weighted by molar-refractivity contribution is 14.1. The van der Waals surface area contributed by atoms with E-state index in [2.05, 4.69) is 38.5 Å². The van der Waals surface area contributed by atoms with E-state index in [1.54, 1.807) is 30.3 Å². The number of fused-ring (bicyclic) bond motifs is 6. The summed E-state index contributed by atoms with van der Waals surface area (Å²) < 4.78 is 0.938. The molecule has 3 aromatic rings.